The Morgan fingerprint density at radius 1 is 1.28 bits per heavy atom. The molecule has 0 amide bonds. The average molecular weight is 460 g/mol. The molecule has 3 N–H and O–H groups in total. The maximum Gasteiger partial charge on any atom is 0.225 e. The third-order valence-corrected chi connectivity index (χ3v) is 4.97. The molecule has 1 aromatic rings. The van der Waals surface area contributed by atoms with Crippen LogP contribution in [0.15, 0.2) is 23.5 Å². The third kappa shape index (κ3) is 5.67. The number of aliphatic imine (C=N–C) groups is 1. The monoisotopic (exact) mass is 460 g/mol. The van der Waals surface area contributed by atoms with Crippen molar-refractivity contribution in [1.82, 2.24) is 20.6 Å². The molecule has 8 heteroatoms. The van der Waals surface area contributed by atoms with Crippen LogP contribution in [0.2, 0.25) is 0 Å². The number of anilines is 1. The van der Waals surface area contributed by atoms with E-state index in [-0.39, 0.29) is 30.1 Å². The first kappa shape index (κ1) is 20.2. The fourth-order valence-corrected chi connectivity index (χ4v) is 3.60. The van der Waals surface area contributed by atoms with Crippen LogP contribution in [0.25, 0.3) is 0 Å². The molecule has 3 unspecified atom stereocenters. The van der Waals surface area contributed by atoms with E-state index in [1.54, 1.807) is 19.4 Å². The summed E-state index contributed by atoms with van der Waals surface area (Å²) >= 11 is 0. The number of nitrogens with one attached hydrogen (secondary N) is 2. The first-order valence-corrected chi connectivity index (χ1v) is 8.93. The summed E-state index contributed by atoms with van der Waals surface area (Å²) in [6.45, 7) is 2.64. The molecule has 7 nitrogen and oxygen atoms in total. The van der Waals surface area contributed by atoms with Crippen LogP contribution in [-0.2, 0) is 0 Å². The fourth-order valence-electron chi connectivity index (χ4n) is 3.60. The zero-order valence-electron chi connectivity index (χ0n) is 14.8. The molecule has 0 bridgehead atoms. The van der Waals surface area contributed by atoms with Gasteiger partial charge >= 0.3 is 0 Å². The van der Waals surface area contributed by atoms with Gasteiger partial charge in [0.1, 0.15) is 0 Å². The molecule has 0 spiro atoms. The molecule has 1 saturated carbocycles. The third-order valence-electron chi connectivity index (χ3n) is 4.97. The van der Waals surface area contributed by atoms with E-state index in [2.05, 4.69) is 30.5 Å². The lowest BCUT2D eigenvalue weighted by Gasteiger charge is -2.34. The van der Waals surface area contributed by atoms with Gasteiger partial charge in [-0.2, -0.15) is 0 Å². The number of aromatic nitrogens is 2. The molecule has 1 aromatic heterocycles. The molecule has 1 aliphatic heterocycles. The van der Waals surface area contributed by atoms with Crippen molar-refractivity contribution in [2.75, 3.05) is 31.6 Å². The summed E-state index contributed by atoms with van der Waals surface area (Å²) in [5.41, 5.74) is 0. The Balaban J connectivity index is 0.00000225. The number of guanidine groups is 1. The number of hydrogen-bond donors (Lipinski definition) is 3. The van der Waals surface area contributed by atoms with Crippen molar-refractivity contribution in [1.29, 1.82) is 0 Å². The van der Waals surface area contributed by atoms with E-state index in [1.807, 2.05) is 6.07 Å². The van der Waals surface area contributed by atoms with E-state index in [0.717, 1.165) is 63.6 Å². The number of hydrogen-bond acceptors (Lipinski definition) is 5. The molecule has 1 saturated heterocycles. The Hall–Kier alpha value is -1.16. The van der Waals surface area contributed by atoms with Crippen molar-refractivity contribution >= 4 is 35.9 Å². The van der Waals surface area contributed by atoms with Gasteiger partial charge in [0.15, 0.2) is 5.96 Å². The van der Waals surface area contributed by atoms with Gasteiger partial charge in [0.2, 0.25) is 5.95 Å². The smallest absolute Gasteiger partial charge is 0.225 e. The van der Waals surface area contributed by atoms with E-state index in [4.69, 9.17) is 0 Å². The molecule has 2 aliphatic rings. The Morgan fingerprint density at radius 3 is 2.76 bits per heavy atom. The average Bonchev–Trinajstić information content (AvgIpc) is 3.04. The Labute approximate surface area is 166 Å². The predicted octanol–water partition coefficient (Wildman–Crippen LogP) is 1.39. The maximum atomic E-state index is 9.94. The summed E-state index contributed by atoms with van der Waals surface area (Å²) < 4.78 is 0. The topological polar surface area (TPSA) is 85.7 Å². The van der Waals surface area contributed by atoms with Crippen LogP contribution in [0, 0.1) is 5.92 Å². The first-order valence-electron chi connectivity index (χ1n) is 8.93. The first-order chi connectivity index (χ1) is 11.8. The molecule has 140 valence electrons. The van der Waals surface area contributed by atoms with Crippen molar-refractivity contribution in [2.45, 2.75) is 44.2 Å². The van der Waals surface area contributed by atoms with Crippen LogP contribution in [-0.4, -0.2) is 59.9 Å². The highest BCUT2D eigenvalue weighted by Gasteiger charge is 2.26. The number of halogens is 1. The van der Waals surface area contributed by atoms with Gasteiger partial charge in [-0.3, -0.25) is 4.99 Å². The minimum Gasteiger partial charge on any atom is -0.393 e. The van der Waals surface area contributed by atoms with E-state index in [1.165, 1.54) is 0 Å². The van der Waals surface area contributed by atoms with E-state index >= 15 is 0 Å². The van der Waals surface area contributed by atoms with Crippen LogP contribution in [0.5, 0.6) is 0 Å². The number of rotatable bonds is 4. The van der Waals surface area contributed by atoms with Crippen molar-refractivity contribution in [3.63, 3.8) is 0 Å². The van der Waals surface area contributed by atoms with Crippen LogP contribution < -0.4 is 15.5 Å². The van der Waals surface area contributed by atoms with Gasteiger partial charge in [0, 0.05) is 51.0 Å². The standard InChI is InChI=1S/C17H28N6O.HI/c1-18-16(21-11-13-5-2-7-15(13)24)22-14-6-3-10-23(12-14)17-19-8-4-9-20-17;/h4,8-9,13-15,24H,2-3,5-7,10-12H2,1H3,(H2,18,21,22);1H. The van der Waals surface area contributed by atoms with E-state index < -0.39 is 0 Å². The largest absolute Gasteiger partial charge is 0.393 e. The highest BCUT2D eigenvalue weighted by Crippen LogP contribution is 2.24. The second kappa shape index (κ2) is 10.1. The zero-order valence-corrected chi connectivity index (χ0v) is 17.1. The molecule has 3 atom stereocenters. The Kier molecular flexibility index (Phi) is 8.14. The number of aliphatic hydroxyl groups excluding tert-OH is 1. The molecule has 0 aromatic carbocycles. The van der Waals surface area contributed by atoms with Crippen molar-refractivity contribution in [2.24, 2.45) is 10.9 Å². The molecular formula is C17H29IN6O. The zero-order chi connectivity index (χ0) is 16.8. The van der Waals surface area contributed by atoms with Gasteiger partial charge in [-0.05, 0) is 31.7 Å². The highest BCUT2D eigenvalue weighted by molar-refractivity contribution is 14.0. The van der Waals surface area contributed by atoms with Gasteiger partial charge < -0.3 is 20.6 Å². The lowest BCUT2D eigenvalue weighted by molar-refractivity contribution is 0.134. The highest BCUT2D eigenvalue weighted by atomic mass is 127. The quantitative estimate of drug-likeness (QED) is 0.358. The molecule has 2 fully saturated rings. The maximum absolute atomic E-state index is 9.94. The molecule has 2 heterocycles. The molecule has 0 radical (unpaired) electrons. The molecular weight excluding hydrogens is 431 g/mol. The summed E-state index contributed by atoms with van der Waals surface area (Å²) in [6.07, 6.45) is 8.75. The summed E-state index contributed by atoms with van der Waals surface area (Å²) in [7, 11) is 1.79. The summed E-state index contributed by atoms with van der Waals surface area (Å²) in [5, 5.41) is 16.8. The minimum absolute atomic E-state index is 0. The van der Waals surface area contributed by atoms with E-state index in [9.17, 15) is 5.11 Å². The van der Waals surface area contributed by atoms with Crippen LogP contribution in [0.3, 0.4) is 0 Å². The molecule has 25 heavy (non-hydrogen) atoms. The lowest BCUT2D eigenvalue weighted by atomic mass is 10.1. The normalized spacial score (nSPS) is 26.9. The number of piperidine rings is 1. The summed E-state index contributed by atoms with van der Waals surface area (Å²) in [6, 6.07) is 2.16. The van der Waals surface area contributed by atoms with Gasteiger partial charge in [0.05, 0.1) is 6.10 Å². The van der Waals surface area contributed by atoms with Crippen molar-refractivity contribution in [3.05, 3.63) is 18.5 Å². The second-order valence-electron chi connectivity index (χ2n) is 6.69. The van der Waals surface area contributed by atoms with Gasteiger partial charge in [-0.15, -0.1) is 24.0 Å². The van der Waals surface area contributed by atoms with Gasteiger partial charge in [-0.25, -0.2) is 9.97 Å². The molecule has 3 rings (SSSR count). The van der Waals surface area contributed by atoms with Crippen LogP contribution >= 0.6 is 24.0 Å². The van der Waals surface area contributed by atoms with Crippen LogP contribution in [0.1, 0.15) is 32.1 Å². The Bertz CT molecular complexity index is 543. The lowest BCUT2D eigenvalue weighted by Crippen LogP contribution is -2.52. The van der Waals surface area contributed by atoms with Gasteiger partial charge in [0.25, 0.3) is 0 Å². The fraction of sp³-hybridized carbons (Fsp3) is 0.706. The SMILES string of the molecule is CN=C(NCC1CCCC1O)NC1CCCN(c2ncccn2)C1.I. The van der Waals surface area contributed by atoms with Crippen LogP contribution in [0.4, 0.5) is 5.95 Å². The van der Waals surface area contributed by atoms with Gasteiger partial charge in [-0.1, -0.05) is 6.42 Å². The Morgan fingerprint density at radius 2 is 2.08 bits per heavy atom. The summed E-state index contributed by atoms with van der Waals surface area (Å²) in [5.74, 6) is 1.94. The van der Waals surface area contributed by atoms with Crippen molar-refractivity contribution in [3.8, 4) is 0 Å². The minimum atomic E-state index is -0.170. The van der Waals surface area contributed by atoms with Crippen molar-refractivity contribution < 1.29 is 5.11 Å². The number of aliphatic hydroxyl groups is 1. The predicted molar refractivity (Wildman–Crippen MR) is 111 cm³/mol. The molecule has 1 aliphatic carbocycles. The number of nitrogens with zero attached hydrogens (tertiary/aromatic N) is 4. The summed E-state index contributed by atoms with van der Waals surface area (Å²) in [4.78, 5) is 15.2. The van der Waals surface area contributed by atoms with E-state index in [0.29, 0.717) is 12.0 Å². The second-order valence-corrected chi connectivity index (χ2v) is 6.69.